The van der Waals surface area contributed by atoms with E-state index in [0.717, 1.165) is 4.90 Å². The minimum Gasteiger partial charge on any atom is -0.496 e. The monoisotopic (exact) mass is 270 g/mol. The van der Waals surface area contributed by atoms with Crippen LogP contribution in [0.1, 0.15) is 19.4 Å². The topological polar surface area (TPSA) is 55.8 Å². The Morgan fingerprint density at radius 3 is 2.11 bits per heavy atom. The molecule has 0 aliphatic rings. The fourth-order valence-electron chi connectivity index (χ4n) is 1.63. The van der Waals surface area contributed by atoms with Crippen LogP contribution in [0, 0.1) is 0 Å². The molecule has 18 heavy (non-hydrogen) atoms. The Hall–Kier alpha value is -1.36. The Balaban J connectivity index is 3.20. The van der Waals surface area contributed by atoms with Crippen LogP contribution in [0.5, 0.6) is 11.5 Å². The van der Waals surface area contributed by atoms with E-state index in [0.29, 0.717) is 22.3 Å². The van der Waals surface area contributed by atoms with Crippen LogP contribution in [0.25, 0.3) is 0 Å². The zero-order valence-corrected chi connectivity index (χ0v) is 11.8. The standard InChI is InChI=1S/C13H18O4S/c1-8(2)18-9-5-11(16-3)10(7-13(14)15)12(6-9)17-4/h5-6,8H,7H2,1-4H3,(H,14,15). The van der Waals surface area contributed by atoms with E-state index in [1.165, 1.54) is 14.2 Å². The molecule has 100 valence electrons. The summed E-state index contributed by atoms with van der Waals surface area (Å²) in [5, 5.41) is 9.34. The van der Waals surface area contributed by atoms with Crippen LogP contribution in [0.15, 0.2) is 17.0 Å². The van der Waals surface area contributed by atoms with Gasteiger partial charge in [-0.3, -0.25) is 4.79 Å². The van der Waals surface area contributed by atoms with Crippen LogP contribution >= 0.6 is 11.8 Å². The van der Waals surface area contributed by atoms with E-state index in [2.05, 4.69) is 13.8 Å². The first-order valence-corrected chi connectivity index (χ1v) is 6.49. The highest BCUT2D eigenvalue weighted by Gasteiger charge is 2.16. The van der Waals surface area contributed by atoms with E-state index < -0.39 is 5.97 Å². The van der Waals surface area contributed by atoms with Crippen molar-refractivity contribution in [3.05, 3.63) is 17.7 Å². The Bertz CT molecular complexity index is 404. The van der Waals surface area contributed by atoms with Gasteiger partial charge in [-0.25, -0.2) is 0 Å². The number of carbonyl (C=O) groups is 1. The van der Waals surface area contributed by atoms with Gasteiger partial charge in [0.1, 0.15) is 11.5 Å². The Labute approximate surface area is 111 Å². The third-order valence-electron chi connectivity index (χ3n) is 2.28. The highest BCUT2D eigenvalue weighted by atomic mass is 32.2. The SMILES string of the molecule is COc1cc(SC(C)C)cc(OC)c1CC(=O)O. The molecule has 0 radical (unpaired) electrons. The molecule has 0 saturated heterocycles. The lowest BCUT2D eigenvalue weighted by atomic mass is 10.1. The molecule has 0 aliphatic heterocycles. The van der Waals surface area contributed by atoms with E-state index in [1.54, 1.807) is 11.8 Å². The highest BCUT2D eigenvalue weighted by molar-refractivity contribution is 7.99. The van der Waals surface area contributed by atoms with Crippen molar-refractivity contribution >= 4 is 17.7 Å². The summed E-state index contributed by atoms with van der Waals surface area (Å²) in [4.78, 5) is 11.9. The molecule has 1 aromatic rings. The number of carboxylic acid groups (broad SMARTS) is 1. The molecule has 5 heteroatoms. The second kappa shape index (κ2) is 6.54. The Morgan fingerprint density at radius 1 is 1.28 bits per heavy atom. The fourth-order valence-corrected chi connectivity index (χ4v) is 2.52. The summed E-state index contributed by atoms with van der Waals surface area (Å²) in [5.41, 5.74) is 0.570. The van der Waals surface area contributed by atoms with Crippen LogP contribution in [0.3, 0.4) is 0 Å². The summed E-state index contributed by atoms with van der Waals surface area (Å²) >= 11 is 1.68. The molecular weight excluding hydrogens is 252 g/mol. The van der Waals surface area contributed by atoms with E-state index in [1.807, 2.05) is 12.1 Å². The number of ether oxygens (including phenoxy) is 2. The normalized spacial score (nSPS) is 10.5. The number of methoxy groups -OCH3 is 2. The maximum absolute atomic E-state index is 10.9. The van der Waals surface area contributed by atoms with Crippen LogP contribution in [0.4, 0.5) is 0 Å². The van der Waals surface area contributed by atoms with Crippen molar-refractivity contribution in [3.8, 4) is 11.5 Å². The molecule has 1 aromatic carbocycles. The molecule has 1 N–H and O–H groups in total. The van der Waals surface area contributed by atoms with E-state index >= 15 is 0 Å². The molecule has 0 aliphatic carbocycles. The van der Waals surface area contributed by atoms with Gasteiger partial charge in [-0.1, -0.05) is 13.8 Å². The number of rotatable bonds is 6. The Morgan fingerprint density at radius 2 is 1.78 bits per heavy atom. The lowest BCUT2D eigenvalue weighted by molar-refractivity contribution is -0.136. The van der Waals surface area contributed by atoms with Crippen molar-refractivity contribution < 1.29 is 19.4 Å². The summed E-state index contributed by atoms with van der Waals surface area (Å²) in [6.45, 7) is 4.18. The number of carboxylic acids is 1. The minimum atomic E-state index is -0.907. The van der Waals surface area contributed by atoms with Gasteiger partial charge in [-0.15, -0.1) is 11.8 Å². The van der Waals surface area contributed by atoms with Gasteiger partial charge in [0.15, 0.2) is 0 Å². The lowest BCUT2D eigenvalue weighted by Crippen LogP contribution is -2.05. The third-order valence-corrected chi connectivity index (χ3v) is 3.26. The summed E-state index contributed by atoms with van der Waals surface area (Å²) < 4.78 is 10.5. The van der Waals surface area contributed by atoms with Crippen molar-refractivity contribution in [1.29, 1.82) is 0 Å². The predicted molar refractivity (Wildman–Crippen MR) is 71.9 cm³/mol. The molecule has 0 spiro atoms. The van der Waals surface area contributed by atoms with Crippen LogP contribution < -0.4 is 9.47 Å². The molecular formula is C13H18O4S. The van der Waals surface area contributed by atoms with Crippen LogP contribution in [-0.2, 0) is 11.2 Å². The average molecular weight is 270 g/mol. The number of aliphatic carboxylic acids is 1. The first kappa shape index (κ1) is 14.7. The second-order valence-electron chi connectivity index (χ2n) is 4.04. The van der Waals surface area contributed by atoms with Gasteiger partial charge >= 0.3 is 5.97 Å². The van der Waals surface area contributed by atoms with E-state index in [-0.39, 0.29) is 6.42 Å². The van der Waals surface area contributed by atoms with Gasteiger partial charge in [0, 0.05) is 15.7 Å². The van der Waals surface area contributed by atoms with E-state index in [9.17, 15) is 4.79 Å². The smallest absolute Gasteiger partial charge is 0.308 e. The van der Waals surface area contributed by atoms with Crippen LogP contribution in [0.2, 0.25) is 0 Å². The molecule has 1 rings (SSSR count). The van der Waals surface area contributed by atoms with Crippen molar-refractivity contribution in [2.75, 3.05) is 14.2 Å². The van der Waals surface area contributed by atoms with Crippen LogP contribution in [-0.4, -0.2) is 30.5 Å². The zero-order chi connectivity index (χ0) is 13.7. The number of benzene rings is 1. The minimum absolute atomic E-state index is 0.112. The van der Waals surface area contributed by atoms with Gasteiger partial charge < -0.3 is 14.6 Å². The molecule has 0 saturated carbocycles. The molecule has 4 nitrogen and oxygen atoms in total. The number of thioether (sulfide) groups is 1. The zero-order valence-electron chi connectivity index (χ0n) is 11.0. The number of hydrogen-bond donors (Lipinski definition) is 1. The van der Waals surface area contributed by atoms with Gasteiger partial charge in [0.25, 0.3) is 0 Å². The van der Waals surface area contributed by atoms with Crippen molar-refractivity contribution in [3.63, 3.8) is 0 Å². The summed E-state index contributed by atoms with van der Waals surface area (Å²) in [7, 11) is 3.06. The maximum Gasteiger partial charge on any atom is 0.308 e. The summed E-state index contributed by atoms with van der Waals surface area (Å²) in [6.07, 6.45) is -0.112. The molecule has 0 fully saturated rings. The lowest BCUT2D eigenvalue weighted by Gasteiger charge is -2.15. The van der Waals surface area contributed by atoms with Crippen molar-refractivity contribution in [1.82, 2.24) is 0 Å². The van der Waals surface area contributed by atoms with Gasteiger partial charge in [-0.05, 0) is 12.1 Å². The molecule has 0 bridgehead atoms. The molecule has 0 amide bonds. The molecule has 0 heterocycles. The summed E-state index contributed by atoms with van der Waals surface area (Å²) in [6, 6.07) is 3.71. The summed E-state index contributed by atoms with van der Waals surface area (Å²) in [5.74, 6) is 0.204. The van der Waals surface area contributed by atoms with Gasteiger partial charge in [0.2, 0.25) is 0 Å². The quantitative estimate of drug-likeness (QED) is 0.805. The first-order valence-electron chi connectivity index (χ1n) is 5.61. The molecule has 0 atom stereocenters. The highest BCUT2D eigenvalue weighted by Crippen LogP contribution is 2.36. The van der Waals surface area contributed by atoms with Gasteiger partial charge in [0.05, 0.1) is 20.6 Å². The second-order valence-corrected chi connectivity index (χ2v) is 5.69. The number of hydrogen-bond acceptors (Lipinski definition) is 4. The van der Waals surface area contributed by atoms with Crippen molar-refractivity contribution in [2.45, 2.75) is 30.4 Å². The fraction of sp³-hybridized carbons (Fsp3) is 0.462. The van der Waals surface area contributed by atoms with E-state index in [4.69, 9.17) is 14.6 Å². The molecule has 0 unspecified atom stereocenters. The predicted octanol–water partition coefficient (Wildman–Crippen LogP) is 2.83. The van der Waals surface area contributed by atoms with Gasteiger partial charge in [-0.2, -0.15) is 0 Å². The Kier molecular flexibility index (Phi) is 5.34. The largest absolute Gasteiger partial charge is 0.496 e. The molecule has 0 aromatic heterocycles. The average Bonchev–Trinajstić information content (AvgIpc) is 2.29. The third kappa shape index (κ3) is 3.84. The maximum atomic E-state index is 10.9. The van der Waals surface area contributed by atoms with Crippen molar-refractivity contribution in [2.24, 2.45) is 0 Å². The first-order chi connectivity index (χ1) is 8.47.